The molecule has 2 N–H and O–H groups in total. The lowest BCUT2D eigenvalue weighted by Gasteiger charge is -2.13. The SMILES string of the molecule is O=C(CCC(=O)N1CCC(c2ccccc2)=N1)Nc1ccccc1C(=O)NC1CC1. The fourth-order valence-electron chi connectivity index (χ4n) is 3.31. The number of para-hydroxylation sites is 1. The molecule has 0 saturated heterocycles. The first-order valence-corrected chi connectivity index (χ1v) is 10.2. The summed E-state index contributed by atoms with van der Waals surface area (Å²) in [6.45, 7) is 0.523. The number of carbonyl (C=O) groups is 3. The van der Waals surface area contributed by atoms with Crippen LogP contribution >= 0.6 is 0 Å². The number of amides is 3. The van der Waals surface area contributed by atoms with E-state index in [2.05, 4.69) is 15.7 Å². The molecule has 154 valence electrons. The van der Waals surface area contributed by atoms with Gasteiger partial charge in [0, 0.05) is 25.3 Å². The molecule has 1 fully saturated rings. The van der Waals surface area contributed by atoms with Crippen molar-refractivity contribution < 1.29 is 14.4 Å². The van der Waals surface area contributed by atoms with Gasteiger partial charge in [0.15, 0.2) is 0 Å². The van der Waals surface area contributed by atoms with Crippen LogP contribution in [-0.4, -0.2) is 41.0 Å². The van der Waals surface area contributed by atoms with Gasteiger partial charge < -0.3 is 10.6 Å². The number of hydrogen-bond acceptors (Lipinski definition) is 4. The van der Waals surface area contributed by atoms with E-state index in [0.29, 0.717) is 24.2 Å². The van der Waals surface area contributed by atoms with Crippen LogP contribution in [0.15, 0.2) is 59.7 Å². The molecular weight excluding hydrogens is 380 g/mol. The van der Waals surface area contributed by atoms with Crippen molar-refractivity contribution in [2.45, 2.75) is 38.1 Å². The fraction of sp³-hybridized carbons (Fsp3) is 0.304. The molecule has 4 rings (SSSR count). The van der Waals surface area contributed by atoms with E-state index in [1.165, 1.54) is 5.01 Å². The number of hydrogen-bond donors (Lipinski definition) is 2. The molecule has 1 saturated carbocycles. The van der Waals surface area contributed by atoms with Crippen molar-refractivity contribution >= 4 is 29.1 Å². The maximum Gasteiger partial charge on any atom is 0.253 e. The highest BCUT2D eigenvalue weighted by Crippen LogP contribution is 2.22. The molecule has 1 heterocycles. The van der Waals surface area contributed by atoms with E-state index in [4.69, 9.17) is 0 Å². The minimum Gasteiger partial charge on any atom is -0.349 e. The Kier molecular flexibility index (Phi) is 5.88. The minimum atomic E-state index is -0.304. The molecule has 30 heavy (non-hydrogen) atoms. The summed E-state index contributed by atoms with van der Waals surface area (Å²) in [6.07, 6.45) is 2.78. The van der Waals surface area contributed by atoms with Gasteiger partial charge in [0.05, 0.1) is 23.5 Å². The molecule has 7 heteroatoms. The van der Waals surface area contributed by atoms with Gasteiger partial charge in [-0.25, -0.2) is 5.01 Å². The molecule has 2 aromatic carbocycles. The second kappa shape index (κ2) is 8.90. The molecule has 0 unspecified atom stereocenters. The van der Waals surface area contributed by atoms with Crippen LogP contribution in [0.4, 0.5) is 5.69 Å². The Morgan fingerprint density at radius 3 is 2.47 bits per heavy atom. The number of anilines is 1. The highest BCUT2D eigenvalue weighted by atomic mass is 16.2. The van der Waals surface area contributed by atoms with E-state index in [-0.39, 0.29) is 36.6 Å². The van der Waals surface area contributed by atoms with E-state index in [1.807, 2.05) is 30.3 Å². The highest BCUT2D eigenvalue weighted by molar-refractivity contribution is 6.05. The molecule has 0 atom stereocenters. The van der Waals surface area contributed by atoms with Gasteiger partial charge in [-0.15, -0.1) is 0 Å². The average Bonchev–Trinajstić information content (AvgIpc) is 3.44. The molecule has 1 aliphatic heterocycles. The molecule has 2 aliphatic rings. The smallest absolute Gasteiger partial charge is 0.253 e. The molecule has 0 bridgehead atoms. The van der Waals surface area contributed by atoms with Gasteiger partial charge in [0.25, 0.3) is 5.91 Å². The zero-order valence-corrected chi connectivity index (χ0v) is 16.6. The molecule has 2 aromatic rings. The third kappa shape index (κ3) is 4.92. The lowest BCUT2D eigenvalue weighted by atomic mass is 10.1. The van der Waals surface area contributed by atoms with Crippen LogP contribution in [0.2, 0.25) is 0 Å². The summed E-state index contributed by atoms with van der Waals surface area (Å²) >= 11 is 0. The zero-order chi connectivity index (χ0) is 20.9. The van der Waals surface area contributed by atoms with Crippen LogP contribution in [0.1, 0.15) is 48.0 Å². The third-order valence-electron chi connectivity index (χ3n) is 5.12. The maximum atomic E-state index is 12.5. The van der Waals surface area contributed by atoms with Crippen molar-refractivity contribution in [3.8, 4) is 0 Å². The van der Waals surface area contributed by atoms with E-state index in [9.17, 15) is 14.4 Å². The van der Waals surface area contributed by atoms with Gasteiger partial charge in [0.1, 0.15) is 0 Å². The van der Waals surface area contributed by atoms with Crippen LogP contribution in [0.3, 0.4) is 0 Å². The molecule has 7 nitrogen and oxygen atoms in total. The standard InChI is InChI=1S/C23H24N4O3/c28-21(25-20-9-5-4-8-18(20)23(30)24-17-10-11-17)12-13-22(29)27-15-14-19(26-27)16-6-2-1-3-7-16/h1-9,17H,10-15H2,(H,24,30)(H,25,28). The van der Waals surface area contributed by atoms with Crippen molar-refractivity contribution in [3.63, 3.8) is 0 Å². The van der Waals surface area contributed by atoms with Crippen LogP contribution < -0.4 is 10.6 Å². The summed E-state index contributed by atoms with van der Waals surface area (Å²) in [6, 6.07) is 16.9. The summed E-state index contributed by atoms with van der Waals surface area (Å²) in [4.78, 5) is 37.2. The van der Waals surface area contributed by atoms with Crippen LogP contribution in [0.5, 0.6) is 0 Å². The third-order valence-corrected chi connectivity index (χ3v) is 5.12. The number of benzene rings is 2. The quantitative estimate of drug-likeness (QED) is 0.743. The minimum absolute atomic E-state index is 0.0318. The zero-order valence-electron chi connectivity index (χ0n) is 16.6. The van der Waals surface area contributed by atoms with Gasteiger partial charge >= 0.3 is 0 Å². The van der Waals surface area contributed by atoms with Crippen LogP contribution in [-0.2, 0) is 9.59 Å². The topological polar surface area (TPSA) is 90.9 Å². The second-order valence-corrected chi connectivity index (χ2v) is 7.52. The van der Waals surface area contributed by atoms with Gasteiger partial charge in [-0.1, -0.05) is 42.5 Å². The predicted molar refractivity (Wildman–Crippen MR) is 114 cm³/mol. The Bertz CT molecular complexity index is 983. The highest BCUT2D eigenvalue weighted by Gasteiger charge is 2.25. The van der Waals surface area contributed by atoms with Crippen molar-refractivity contribution in [1.29, 1.82) is 0 Å². The summed E-state index contributed by atoms with van der Waals surface area (Å²) in [5.41, 5.74) is 2.77. The van der Waals surface area contributed by atoms with Crippen molar-refractivity contribution in [3.05, 3.63) is 65.7 Å². The van der Waals surface area contributed by atoms with Crippen molar-refractivity contribution in [2.24, 2.45) is 5.10 Å². The van der Waals surface area contributed by atoms with E-state index in [1.54, 1.807) is 24.3 Å². The molecule has 3 amide bonds. The fourth-order valence-corrected chi connectivity index (χ4v) is 3.31. The molecular formula is C23H24N4O3. The van der Waals surface area contributed by atoms with Crippen LogP contribution in [0, 0.1) is 0 Å². The first-order valence-electron chi connectivity index (χ1n) is 10.2. The summed E-state index contributed by atoms with van der Waals surface area (Å²) in [5.74, 6) is -0.679. The number of rotatable bonds is 7. The molecule has 0 spiro atoms. The summed E-state index contributed by atoms with van der Waals surface area (Å²) in [7, 11) is 0. The molecule has 0 aromatic heterocycles. The van der Waals surface area contributed by atoms with Crippen molar-refractivity contribution in [2.75, 3.05) is 11.9 Å². The van der Waals surface area contributed by atoms with Gasteiger partial charge in [-0.3, -0.25) is 14.4 Å². The van der Waals surface area contributed by atoms with Crippen molar-refractivity contribution in [1.82, 2.24) is 10.3 Å². The second-order valence-electron chi connectivity index (χ2n) is 7.52. The number of carbonyl (C=O) groups excluding carboxylic acids is 3. The average molecular weight is 404 g/mol. The number of nitrogens with one attached hydrogen (secondary N) is 2. The van der Waals surface area contributed by atoms with Gasteiger partial charge in [-0.2, -0.15) is 5.10 Å². The predicted octanol–water partition coefficient (Wildman–Crippen LogP) is 2.93. The lowest BCUT2D eigenvalue weighted by molar-refractivity contribution is -0.132. The Morgan fingerprint density at radius 1 is 0.967 bits per heavy atom. The largest absolute Gasteiger partial charge is 0.349 e. The van der Waals surface area contributed by atoms with Crippen LogP contribution in [0.25, 0.3) is 0 Å². The summed E-state index contributed by atoms with van der Waals surface area (Å²) < 4.78 is 0. The van der Waals surface area contributed by atoms with E-state index >= 15 is 0 Å². The Hall–Kier alpha value is -3.48. The normalized spacial score (nSPS) is 15.5. The Labute approximate surface area is 175 Å². The van der Waals surface area contributed by atoms with E-state index < -0.39 is 0 Å². The maximum absolute atomic E-state index is 12.5. The molecule has 1 aliphatic carbocycles. The number of hydrazone groups is 1. The first kappa shape index (κ1) is 19.8. The summed E-state index contributed by atoms with van der Waals surface area (Å²) in [5, 5.41) is 11.5. The Balaban J connectivity index is 1.31. The Morgan fingerprint density at radius 2 is 1.70 bits per heavy atom. The number of nitrogens with zero attached hydrogens (tertiary/aromatic N) is 2. The van der Waals surface area contributed by atoms with Gasteiger partial charge in [0.2, 0.25) is 11.8 Å². The monoisotopic (exact) mass is 404 g/mol. The first-order chi connectivity index (χ1) is 14.6. The molecule has 0 radical (unpaired) electrons. The van der Waals surface area contributed by atoms with E-state index in [0.717, 1.165) is 24.1 Å². The van der Waals surface area contributed by atoms with Gasteiger partial charge in [-0.05, 0) is 30.5 Å². The lowest BCUT2D eigenvalue weighted by Crippen LogP contribution is -2.27.